The van der Waals surface area contributed by atoms with Crippen LogP contribution in [0.15, 0.2) is 54.6 Å². The van der Waals surface area contributed by atoms with E-state index in [0.717, 1.165) is 36.1 Å². The normalized spacial score (nSPS) is 35.8. The van der Waals surface area contributed by atoms with E-state index in [1.54, 1.807) is 7.11 Å². The van der Waals surface area contributed by atoms with Gasteiger partial charge in [0.05, 0.1) is 31.3 Å². The summed E-state index contributed by atoms with van der Waals surface area (Å²) in [5.74, 6) is 2.32. The number of ketones is 1. The fourth-order valence-corrected chi connectivity index (χ4v) is 9.15. The maximum atomic E-state index is 15.1. The fraction of sp³-hybridized carbons (Fsp3) is 0.469. The molecule has 0 radical (unpaired) electrons. The van der Waals surface area contributed by atoms with Crippen LogP contribution in [0.2, 0.25) is 0 Å². The first kappa shape index (κ1) is 22.6. The lowest BCUT2D eigenvalue weighted by molar-refractivity contribution is -0.145. The van der Waals surface area contributed by atoms with Gasteiger partial charge in [0.15, 0.2) is 11.2 Å². The highest BCUT2D eigenvalue weighted by Crippen LogP contribution is 2.63. The predicted octanol–water partition coefficient (Wildman–Crippen LogP) is 5.88. The number of Topliss-reactive ketones (excluding diaryl/α,β-unsaturated/α-hetero) is 1. The van der Waals surface area contributed by atoms with Gasteiger partial charge in [0, 0.05) is 17.0 Å². The molecule has 3 atom stereocenters. The number of nitrogens with zero attached hydrogens (tertiary/aromatic N) is 3. The Morgan fingerprint density at radius 1 is 0.946 bits per heavy atom. The number of hydrogen-bond donors (Lipinski definition) is 0. The molecule has 2 aliphatic heterocycles. The molecule has 0 N–H and O–H groups in total. The van der Waals surface area contributed by atoms with Gasteiger partial charge in [-0.1, -0.05) is 42.5 Å². The number of fused-ring (bicyclic) bond motifs is 3. The van der Waals surface area contributed by atoms with Crippen molar-refractivity contribution >= 4 is 17.5 Å². The van der Waals surface area contributed by atoms with Crippen LogP contribution < -0.4 is 9.64 Å². The number of para-hydroxylation sites is 1. The molecular weight excluding hydrogens is 458 g/mol. The molecule has 0 aromatic heterocycles. The van der Waals surface area contributed by atoms with E-state index in [1.807, 2.05) is 54.6 Å². The minimum absolute atomic E-state index is 0.259. The summed E-state index contributed by atoms with van der Waals surface area (Å²) in [5, 5.41) is 21.4. The van der Waals surface area contributed by atoms with Crippen LogP contribution in [0.3, 0.4) is 0 Å². The second-order valence-corrected chi connectivity index (χ2v) is 12.1. The van der Waals surface area contributed by atoms with Gasteiger partial charge in [0.1, 0.15) is 5.75 Å². The van der Waals surface area contributed by atoms with Crippen LogP contribution >= 0.6 is 0 Å². The molecule has 2 aromatic carbocycles. The third kappa shape index (κ3) is 3.04. The number of nitriles is 2. The summed E-state index contributed by atoms with van der Waals surface area (Å²) in [4.78, 5) is 17.2. The third-order valence-electron chi connectivity index (χ3n) is 10.2. The zero-order chi connectivity index (χ0) is 25.4. The molecule has 4 saturated carbocycles. The van der Waals surface area contributed by atoms with E-state index >= 15 is 4.79 Å². The van der Waals surface area contributed by atoms with E-state index in [1.165, 1.54) is 19.3 Å². The van der Waals surface area contributed by atoms with Gasteiger partial charge in [-0.2, -0.15) is 10.5 Å². The van der Waals surface area contributed by atoms with Crippen LogP contribution in [-0.4, -0.2) is 25.0 Å². The van der Waals surface area contributed by atoms with Crippen LogP contribution in [0.1, 0.15) is 55.6 Å². The Morgan fingerprint density at radius 2 is 1.57 bits per heavy atom. The van der Waals surface area contributed by atoms with Crippen molar-refractivity contribution in [1.29, 1.82) is 10.5 Å². The van der Waals surface area contributed by atoms with Gasteiger partial charge in [-0.3, -0.25) is 4.79 Å². The molecule has 6 aliphatic rings. The molecule has 5 nitrogen and oxygen atoms in total. The molecule has 2 aromatic rings. The molecule has 37 heavy (non-hydrogen) atoms. The lowest BCUT2D eigenvalue weighted by atomic mass is 9.47. The molecule has 0 amide bonds. The first-order valence-electron chi connectivity index (χ1n) is 13.6. The predicted molar refractivity (Wildman–Crippen MR) is 141 cm³/mol. The summed E-state index contributed by atoms with van der Waals surface area (Å²) in [6, 6.07) is 19.6. The number of benzene rings is 2. The van der Waals surface area contributed by atoms with Crippen molar-refractivity contribution in [3.63, 3.8) is 0 Å². The molecule has 5 heteroatoms. The maximum absolute atomic E-state index is 15.1. The number of rotatable bonds is 4. The van der Waals surface area contributed by atoms with Crippen molar-refractivity contribution in [2.24, 2.45) is 28.6 Å². The Bertz CT molecular complexity index is 1330. The molecule has 4 bridgehead atoms. The van der Waals surface area contributed by atoms with Gasteiger partial charge < -0.3 is 9.64 Å². The average molecular weight is 490 g/mol. The number of ether oxygens (including phenoxy) is 1. The zero-order valence-electron chi connectivity index (χ0n) is 21.1. The summed E-state index contributed by atoms with van der Waals surface area (Å²) >= 11 is 0. The highest BCUT2D eigenvalue weighted by Gasteiger charge is 2.66. The standard InChI is InChI=1S/C32H31N3O2/c1-37-25-9-6-24(7-10-25)28-29(30(36)31-15-20-12-21(16-31)14-22(13-20)17-31)35-26-5-3-2-4-23(26)8-11-27(35)32(28,18-33)19-34/h2-11,20-22,27-29H,12-17H2,1H3/t20?,21?,22?,27-,28-,29+,31?/m1/s1. The molecular formula is C32H31N3O2. The van der Waals surface area contributed by atoms with Crippen molar-refractivity contribution in [2.75, 3.05) is 12.0 Å². The SMILES string of the molecule is COc1ccc([C@@H]2[C@@H](C(=O)C34CC5CC(CC(C5)C3)C4)N3c4ccccc4C=C[C@@H]3C2(C#N)C#N)cc1. The zero-order valence-corrected chi connectivity index (χ0v) is 21.1. The molecule has 2 heterocycles. The van der Waals surface area contributed by atoms with Gasteiger partial charge in [-0.05, 0) is 85.6 Å². The van der Waals surface area contributed by atoms with Crippen LogP contribution in [0.5, 0.6) is 5.75 Å². The van der Waals surface area contributed by atoms with E-state index in [0.29, 0.717) is 23.5 Å². The highest BCUT2D eigenvalue weighted by atomic mass is 16.5. The monoisotopic (exact) mass is 489 g/mol. The fourth-order valence-electron chi connectivity index (χ4n) is 9.15. The smallest absolute Gasteiger partial charge is 0.176 e. The van der Waals surface area contributed by atoms with Crippen LogP contribution in [-0.2, 0) is 4.79 Å². The maximum Gasteiger partial charge on any atom is 0.176 e. The Hall–Kier alpha value is -3.57. The van der Waals surface area contributed by atoms with E-state index < -0.39 is 23.4 Å². The summed E-state index contributed by atoms with van der Waals surface area (Å²) in [6.07, 6.45) is 10.7. The molecule has 8 rings (SSSR count). The number of methoxy groups -OCH3 is 1. The van der Waals surface area contributed by atoms with Crippen LogP contribution in [0, 0.1) is 51.2 Å². The Balaban J connectivity index is 1.43. The summed E-state index contributed by atoms with van der Waals surface area (Å²) < 4.78 is 5.40. The van der Waals surface area contributed by atoms with Crippen molar-refractivity contribution < 1.29 is 9.53 Å². The molecule has 0 unspecified atom stereocenters. The largest absolute Gasteiger partial charge is 0.497 e. The quantitative estimate of drug-likeness (QED) is 0.536. The second-order valence-electron chi connectivity index (χ2n) is 12.1. The lowest BCUT2D eigenvalue weighted by Crippen LogP contribution is -2.56. The number of carbonyl (C=O) groups is 1. The lowest BCUT2D eigenvalue weighted by Gasteiger charge is -2.57. The molecule has 4 aliphatic carbocycles. The van der Waals surface area contributed by atoms with Crippen LogP contribution in [0.25, 0.3) is 6.08 Å². The topological polar surface area (TPSA) is 77.1 Å². The van der Waals surface area contributed by atoms with Gasteiger partial charge in [0.25, 0.3) is 0 Å². The summed E-state index contributed by atoms with van der Waals surface area (Å²) in [7, 11) is 1.63. The van der Waals surface area contributed by atoms with Gasteiger partial charge >= 0.3 is 0 Å². The van der Waals surface area contributed by atoms with Crippen molar-refractivity contribution in [3.05, 3.63) is 65.7 Å². The first-order valence-corrected chi connectivity index (χ1v) is 13.6. The minimum Gasteiger partial charge on any atom is -0.497 e. The average Bonchev–Trinajstić information content (AvgIpc) is 3.23. The highest BCUT2D eigenvalue weighted by molar-refractivity contribution is 5.97. The Morgan fingerprint density at radius 3 is 2.16 bits per heavy atom. The number of carbonyl (C=O) groups excluding carboxylic acids is 1. The molecule has 5 fully saturated rings. The summed E-state index contributed by atoms with van der Waals surface area (Å²) in [6.45, 7) is 0. The van der Waals surface area contributed by atoms with Crippen molar-refractivity contribution in [3.8, 4) is 17.9 Å². The Kier molecular flexibility index (Phi) is 4.87. The van der Waals surface area contributed by atoms with E-state index in [2.05, 4.69) is 23.1 Å². The first-order chi connectivity index (χ1) is 18.0. The Labute approximate surface area is 218 Å². The van der Waals surface area contributed by atoms with Gasteiger partial charge in [-0.25, -0.2) is 0 Å². The molecule has 186 valence electrons. The second kappa shape index (κ2) is 7.96. The van der Waals surface area contributed by atoms with E-state index in [4.69, 9.17) is 4.74 Å². The molecule has 1 saturated heterocycles. The minimum atomic E-state index is -1.39. The third-order valence-corrected chi connectivity index (χ3v) is 10.2. The number of anilines is 1. The van der Waals surface area contributed by atoms with Crippen molar-refractivity contribution in [2.45, 2.75) is 56.5 Å². The van der Waals surface area contributed by atoms with Gasteiger partial charge in [-0.15, -0.1) is 0 Å². The van der Waals surface area contributed by atoms with Crippen molar-refractivity contribution in [1.82, 2.24) is 0 Å². The summed E-state index contributed by atoms with van der Waals surface area (Å²) in [5.41, 5.74) is 1.10. The molecule has 0 spiro atoms. The van der Waals surface area contributed by atoms with E-state index in [9.17, 15) is 10.5 Å². The van der Waals surface area contributed by atoms with E-state index in [-0.39, 0.29) is 11.2 Å². The van der Waals surface area contributed by atoms with Gasteiger partial charge in [0.2, 0.25) is 0 Å². The number of hydrogen-bond acceptors (Lipinski definition) is 5. The van der Waals surface area contributed by atoms with Crippen LogP contribution in [0.4, 0.5) is 5.69 Å².